The Hall–Kier alpha value is -3.22. The normalized spacial score (nSPS) is 11.5. The Bertz CT molecular complexity index is 1180. The van der Waals surface area contributed by atoms with E-state index in [2.05, 4.69) is 5.32 Å². The maximum atomic E-state index is 12.9. The van der Waals surface area contributed by atoms with E-state index >= 15 is 0 Å². The van der Waals surface area contributed by atoms with E-state index in [0.717, 1.165) is 17.5 Å². The van der Waals surface area contributed by atoms with Gasteiger partial charge in [-0.05, 0) is 60.4 Å². The van der Waals surface area contributed by atoms with Crippen LogP contribution in [0.4, 0.5) is 0 Å². The number of hydrogen-bond acceptors (Lipinski definition) is 4. The lowest BCUT2D eigenvalue weighted by molar-refractivity contribution is -0.141. The summed E-state index contributed by atoms with van der Waals surface area (Å²) in [6, 6.07) is 17.5. The van der Waals surface area contributed by atoms with Gasteiger partial charge >= 0.3 is 5.97 Å². The first kappa shape index (κ1) is 26.4. The molecule has 3 rings (SSSR count). The molecule has 2 N–H and O–H groups in total. The molecule has 1 atom stereocenters. The van der Waals surface area contributed by atoms with Crippen molar-refractivity contribution >= 4 is 35.1 Å². The number of carboxylic acids is 1. The number of ether oxygens (including phenoxy) is 2. The van der Waals surface area contributed by atoms with Crippen LogP contribution < -0.4 is 14.8 Å². The minimum absolute atomic E-state index is 0.298. The van der Waals surface area contributed by atoms with Gasteiger partial charge in [-0.25, -0.2) is 0 Å². The molecule has 184 valence electrons. The van der Waals surface area contributed by atoms with Crippen LogP contribution in [-0.2, 0) is 17.8 Å². The van der Waals surface area contributed by atoms with Crippen molar-refractivity contribution in [3.8, 4) is 17.2 Å². The van der Waals surface area contributed by atoms with E-state index in [0.29, 0.717) is 52.2 Å². The van der Waals surface area contributed by atoms with Crippen molar-refractivity contribution in [2.45, 2.75) is 32.7 Å². The lowest BCUT2D eigenvalue weighted by atomic mass is 9.94. The Kier molecular flexibility index (Phi) is 9.40. The van der Waals surface area contributed by atoms with Crippen molar-refractivity contribution in [1.29, 1.82) is 0 Å². The SMILES string of the molecule is CCC[C@@H](Cc1ccc(OC)c(C(=O)NCc2ccc(Oc3ccc(Cl)c(Cl)c3)cc2)c1)C(=O)O. The molecule has 0 aromatic heterocycles. The topological polar surface area (TPSA) is 84.9 Å². The summed E-state index contributed by atoms with van der Waals surface area (Å²) in [6.45, 7) is 2.25. The Morgan fingerprint density at radius 2 is 1.63 bits per heavy atom. The number of aliphatic carboxylic acids is 1. The first-order chi connectivity index (χ1) is 16.8. The molecule has 3 aromatic carbocycles. The molecule has 0 unspecified atom stereocenters. The second-order valence-electron chi connectivity index (χ2n) is 8.07. The van der Waals surface area contributed by atoms with Gasteiger partial charge in [0, 0.05) is 12.6 Å². The van der Waals surface area contributed by atoms with E-state index in [9.17, 15) is 14.7 Å². The van der Waals surface area contributed by atoms with Crippen LogP contribution in [0.2, 0.25) is 10.0 Å². The number of rotatable bonds is 11. The highest BCUT2D eigenvalue weighted by Crippen LogP contribution is 2.29. The second-order valence-corrected chi connectivity index (χ2v) is 8.88. The van der Waals surface area contributed by atoms with Gasteiger partial charge in [0.15, 0.2) is 0 Å². The van der Waals surface area contributed by atoms with Gasteiger partial charge in [0.05, 0.1) is 28.6 Å². The van der Waals surface area contributed by atoms with Crippen LogP contribution in [0.15, 0.2) is 60.7 Å². The van der Waals surface area contributed by atoms with E-state index in [1.807, 2.05) is 19.1 Å². The number of hydrogen-bond donors (Lipinski definition) is 2. The van der Waals surface area contributed by atoms with E-state index in [1.165, 1.54) is 7.11 Å². The third-order valence-corrected chi connectivity index (χ3v) is 6.22. The number of benzene rings is 3. The Morgan fingerprint density at radius 1 is 0.943 bits per heavy atom. The van der Waals surface area contributed by atoms with Gasteiger partial charge in [-0.15, -0.1) is 0 Å². The van der Waals surface area contributed by atoms with E-state index in [4.69, 9.17) is 32.7 Å². The van der Waals surface area contributed by atoms with Crippen molar-refractivity contribution in [3.05, 3.63) is 87.4 Å². The van der Waals surface area contributed by atoms with Gasteiger partial charge in [-0.2, -0.15) is 0 Å². The lowest BCUT2D eigenvalue weighted by Gasteiger charge is -2.14. The van der Waals surface area contributed by atoms with Crippen molar-refractivity contribution in [1.82, 2.24) is 5.32 Å². The summed E-state index contributed by atoms with van der Waals surface area (Å²) in [5.41, 5.74) is 2.02. The summed E-state index contributed by atoms with van der Waals surface area (Å²) in [7, 11) is 1.50. The van der Waals surface area contributed by atoms with Crippen LogP contribution in [0.3, 0.4) is 0 Å². The lowest BCUT2D eigenvalue weighted by Crippen LogP contribution is -2.24. The zero-order valence-electron chi connectivity index (χ0n) is 19.5. The Balaban J connectivity index is 1.64. The van der Waals surface area contributed by atoms with Gasteiger partial charge in [0.25, 0.3) is 5.91 Å². The van der Waals surface area contributed by atoms with Gasteiger partial charge in [-0.3, -0.25) is 9.59 Å². The summed E-state index contributed by atoms with van der Waals surface area (Å²) in [5.74, 6) is -0.0141. The van der Waals surface area contributed by atoms with Crippen molar-refractivity contribution in [2.24, 2.45) is 5.92 Å². The third kappa shape index (κ3) is 7.38. The molecule has 0 aliphatic carbocycles. The summed E-state index contributed by atoms with van der Waals surface area (Å²) in [4.78, 5) is 24.4. The second kappa shape index (κ2) is 12.5. The number of nitrogens with one attached hydrogen (secondary N) is 1. The molecule has 35 heavy (non-hydrogen) atoms. The number of amides is 1. The summed E-state index contributed by atoms with van der Waals surface area (Å²) in [5, 5.41) is 13.2. The number of carbonyl (C=O) groups is 2. The molecular weight excluding hydrogens is 489 g/mol. The van der Waals surface area contributed by atoms with E-state index in [-0.39, 0.29) is 5.91 Å². The molecule has 0 heterocycles. The first-order valence-corrected chi connectivity index (χ1v) is 12.0. The molecule has 0 saturated carbocycles. The molecule has 0 aliphatic rings. The van der Waals surface area contributed by atoms with Crippen LogP contribution in [0.25, 0.3) is 0 Å². The minimum atomic E-state index is -0.833. The molecule has 0 bridgehead atoms. The maximum Gasteiger partial charge on any atom is 0.306 e. The zero-order chi connectivity index (χ0) is 25.4. The number of methoxy groups -OCH3 is 1. The fraction of sp³-hybridized carbons (Fsp3) is 0.259. The Morgan fingerprint density at radius 3 is 2.26 bits per heavy atom. The van der Waals surface area contributed by atoms with Gasteiger partial charge in [-0.1, -0.05) is 54.7 Å². The van der Waals surface area contributed by atoms with Crippen molar-refractivity contribution in [3.63, 3.8) is 0 Å². The van der Waals surface area contributed by atoms with E-state index in [1.54, 1.807) is 48.5 Å². The predicted molar refractivity (Wildman–Crippen MR) is 137 cm³/mol. The van der Waals surface area contributed by atoms with Gasteiger partial charge < -0.3 is 19.9 Å². The molecule has 0 saturated heterocycles. The van der Waals surface area contributed by atoms with Gasteiger partial charge in [0.1, 0.15) is 17.2 Å². The molecule has 3 aromatic rings. The van der Waals surface area contributed by atoms with Gasteiger partial charge in [0.2, 0.25) is 0 Å². The summed E-state index contributed by atoms with van der Waals surface area (Å²) in [6.07, 6.45) is 1.71. The molecule has 0 fully saturated rings. The predicted octanol–water partition coefficient (Wildman–Crippen LogP) is 6.77. The molecule has 6 nitrogen and oxygen atoms in total. The van der Waals surface area contributed by atoms with Crippen molar-refractivity contribution < 1.29 is 24.2 Å². The summed E-state index contributed by atoms with van der Waals surface area (Å²) >= 11 is 12.0. The van der Waals surface area contributed by atoms with Crippen LogP contribution in [0.1, 0.15) is 41.3 Å². The average molecular weight is 516 g/mol. The Labute approximate surface area is 214 Å². The molecular formula is C27H27Cl2NO5. The fourth-order valence-corrected chi connectivity index (χ4v) is 3.92. The maximum absolute atomic E-state index is 12.9. The number of halogens is 2. The minimum Gasteiger partial charge on any atom is -0.496 e. The molecule has 8 heteroatoms. The monoisotopic (exact) mass is 515 g/mol. The van der Waals surface area contributed by atoms with Crippen LogP contribution in [0.5, 0.6) is 17.2 Å². The van der Waals surface area contributed by atoms with Crippen LogP contribution in [0, 0.1) is 5.92 Å². The highest BCUT2D eigenvalue weighted by atomic mass is 35.5. The van der Waals surface area contributed by atoms with Crippen LogP contribution >= 0.6 is 23.2 Å². The molecule has 0 aliphatic heterocycles. The van der Waals surface area contributed by atoms with E-state index < -0.39 is 11.9 Å². The molecule has 1 amide bonds. The fourth-order valence-electron chi connectivity index (χ4n) is 3.63. The standard InChI is InChI=1S/C27H27Cl2NO5/c1-3-4-19(27(32)33)13-18-7-12-25(34-2)22(14-18)26(31)30-16-17-5-8-20(9-6-17)35-21-10-11-23(28)24(29)15-21/h5-12,14-15,19H,3-4,13,16H2,1-2H3,(H,30,31)(H,32,33)/t19-/m0/s1. The number of carbonyl (C=O) groups excluding carboxylic acids is 1. The van der Waals surface area contributed by atoms with Crippen LogP contribution in [-0.4, -0.2) is 24.1 Å². The molecule has 0 spiro atoms. The quantitative estimate of drug-likeness (QED) is 0.294. The number of carboxylic acid groups (broad SMARTS) is 1. The highest BCUT2D eigenvalue weighted by molar-refractivity contribution is 6.42. The molecule has 0 radical (unpaired) electrons. The smallest absolute Gasteiger partial charge is 0.306 e. The third-order valence-electron chi connectivity index (χ3n) is 5.48. The highest BCUT2D eigenvalue weighted by Gasteiger charge is 2.19. The zero-order valence-corrected chi connectivity index (χ0v) is 21.0. The average Bonchev–Trinajstić information content (AvgIpc) is 2.85. The largest absolute Gasteiger partial charge is 0.496 e. The summed E-state index contributed by atoms with van der Waals surface area (Å²) < 4.78 is 11.1. The first-order valence-electron chi connectivity index (χ1n) is 11.2. The van der Waals surface area contributed by atoms with Crippen molar-refractivity contribution in [2.75, 3.05) is 7.11 Å².